The molecular formula is C11H22N2S. The fraction of sp³-hybridized carbons (Fsp3) is 1.00. The fourth-order valence-electron chi connectivity index (χ4n) is 2.40. The molecule has 0 aromatic carbocycles. The lowest BCUT2D eigenvalue weighted by atomic mass is 10.0. The summed E-state index contributed by atoms with van der Waals surface area (Å²) >= 11 is 2.11. The fourth-order valence-corrected chi connectivity index (χ4v) is 3.32. The molecule has 2 fully saturated rings. The van der Waals surface area contributed by atoms with E-state index in [4.69, 9.17) is 5.73 Å². The van der Waals surface area contributed by atoms with Gasteiger partial charge in [0.05, 0.1) is 0 Å². The summed E-state index contributed by atoms with van der Waals surface area (Å²) in [4.78, 5) is 2.67. The van der Waals surface area contributed by atoms with E-state index >= 15 is 0 Å². The van der Waals surface area contributed by atoms with E-state index in [2.05, 4.69) is 16.7 Å². The number of hydrogen-bond donors (Lipinski definition) is 1. The van der Waals surface area contributed by atoms with Gasteiger partial charge < -0.3 is 10.6 Å². The molecular weight excluding hydrogens is 192 g/mol. The van der Waals surface area contributed by atoms with Gasteiger partial charge in [-0.1, -0.05) is 0 Å². The number of rotatable bonds is 4. The molecule has 0 radical (unpaired) electrons. The molecule has 0 unspecified atom stereocenters. The van der Waals surface area contributed by atoms with Crippen LogP contribution in [0.25, 0.3) is 0 Å². The third-order valence-electron chi connectivity index (χ3n) is 3.51. The zero-order chi connectivity index (χ0) is 9.86. The van der Waals surface area contributed by atoms with E-state index in [1.807, 2.05) is 0 Å². The molecule has 1 aliphatic heterocycles. The van der Waals surface area contributed by atoms with Gasteiger partial charge in [0.15, 0.2) is 0 Å². The highest BCUT2D eigenvalue weighted by Gasteiger charge is 2.42. The third kappa shape index (κ3) is 2.88. The van der Waals surface area contributed by atoms with Crippen LogP contribution in [-0.4, -0.2) is 42.6 Å². The van der Waals surface area contributed by atoms with Gasteiger partial charge in [-0.2, -0.15) is 11.8 Å². The first-order valence-electron chi connectivity index (χ1n) is 5.85. The van der Waals surface area contributed by atoms with Crippen molar-refractivity contribution in [2.45, 2.75) is 25.7 Å². The maximum atomic E-state index is 5.67. The molecule has 2 aliphatic rings. The molecule has 2 N–H and O–H groups in total. The maximum Gasteiger partial charge on any atom is 0.00726 e. The highest BCUT2D eigenvalue weighted by Crippen LogP contribution is 2.49. The third-order valence-corrected chi connectivity index (χ3v) is 4.55. The standard InChI is InChI=1S/C11H22N2S/c12-5-4-11(2-3-11)10-13-6-1-8-14-9-7-13/h1-10,12H2. The molecule has 0 aromatic rings. The van der Waals surface area contributed by atoms with Gasteiger partial charge >= 0.3 is 0 Å². The second kappa shape index (κ2) is 4.86. The van der Waals surface area contributed by atoms with Gasteiger partial charge in [0.25, 0.3) is 0 Å². The van der Waals surface area contributed by atoms with Crippen LogP contribution in [-0.2, 0) is 0 Å². The highest BCUT2D eigenvalue weighted by atomic mass is 32.2. The van der Waals surface area contributed by atoms with E-state index in [-0.39, 0.29) is 0 Å². The number of nitrogens with two attached hydrogens (primary N) is 1. The van der Waals surface area contributed by atoms with Crippen molar-refractivity contribution < 1.29 is 0 Å². The van der Waals surface area contributed by atoms with Gasteiger partial charge in [-0.25, -0.2) is 0 Å². The van der Waals surface area contributed by atoms with Crippen LogP contribution in [0.2, 0.25) is 0 Å². The Morgan fingerprint density at radius 2 is 2.07 bits per heavy atom. The van der Waals surface area contributed by atoms with E-state index in [0.717, 1.165) is 6.54 Å². The summed E-state index contributed by atoms with van der Waals surface area (Å²) in [5.41, 5.74) is 6.31. The van der Waals surface area contributed by atoms with Crippen molar-refractivity contribution in [3.8, 4) is 0 Å². The Morgan fingerprint density at radius 3 is 2.79 bits per heavy atom. The minimum atomic E-state index is 0.643. The monoisotopic (exact) mass is 214 g/mol. The van der Waals surface area contributed by atoms with Crippen molar-refractivity contribution in [2.24, 2.45) is 11.1 Å². The van der Waals surface area contributed by atoms with Crippen molar-refractivity contribution in [1.29, 1.82) is 0 Å². The predicted octanol–water partition coefficient (Wildman–Crippen LogP) is 1.55. The van der Waals surface area contributed by atoms with Crippen LogP contribution in [0.5, 0.6) is 0 Å². The average molecular weight is 214 g/mol. The van der Waals surface area contributed by atoms with Crippen molar-refractivity contribution in [3.63, 3.8) is 0 Å². The van der Waals surface area contributed by atoms with Crippen LogP contribution >= 0.6 is 11.8 Å². The molecule has 1 saturated heterocycles. The Labute approximate surface area is 91.6 Å². The van der Waals surface area contributed by atoms with Gasteiger partial charge in [-0.3, -0.25) is 0 Å². The lowest BCUT2D eigenvalue weighted by Gasteiger charge is -2.25. The van der Waals surface area contributed by atoms with Crippen molar-refractivity contribution in [2.75, 3.05) is 37.7 Å². The second-order valence-electron chi connectivity index (χ2n) is 4.78. The highest BCUT2D eigenvalue weighted by molar-refractivity contribution is 7.99. The summed E-state index contributed by atoms with van der Waals surface area (Å²) < 4.78 is 0. The lowest BCUT2D eigenvalue weighted by Crippen LogP contribution is -2.33. The molecule has 0 aromatic heterocycles. The molecule has 1 aliphatic carbocycles. The molecule has 14 heavy (non-hydrogen) atoms. The minimum absolute atomic E-state index is 0.643. The molecule has 0 atom stereocenters. The first-order valence-corrected chi connectivity index (χ1v) is 7.00. The molecule has 3 heteroatoms. The Hall–Kier alpha value is 0.270. The number of hydrogen-bond acceptors (Lipinski definition) is 3. The molecule has 82 valence electrons. The SMILES string of the molecule is NCCC1(CN2CCCSCC2)CC1. The van der Waals surface area contributed by atoms with Gasteiger partial charge in [0.1, 0.15) is 0 Å². The van der Waals surface area contributed by atoms with Crippen LogP contribution < -0.4 is 5.73 Å². The smallest absolute Gasteiger partial charge is 0.00726 e. The molecule has 1 heterocycles. The van der Waals surface area contributed by atoms with Crippen LogP contribution in [0, 0.1) is 5.41 Å². The van der Waals surface area contributed by atoms with E-state index in [1.165, 1.54) is 56.8 Å². The summed E-state index contributed by atoms with van der Waals surface area (Å²) in [5.74, 6) is 2.69. The molecule has 2 rings (SSSR count). The topological polar surface area (TPSA) is 29.3 Å². The second-order valence-corrected chi connectivity index (χ2v) is 6.01. The lowest BCUT2D eigenvalue weighted by molar-refractivity contribution is 0.228. The number of nitrogens with zero attached hydrogens (tertiary/aromatic N) is 1. The summed E-state index contributed by atoms with van der Waals surface area (Å²) in [5, 5.41) is 0. The summed E-state index contributed by atoms with van der Waals surface area (Å²) in [7, 11) is 0. The normalized spacial score (nSPS) is 27.2. The first kappa shape index (κ1) is 10.8. The Morgan fingerprint density at radius 1 is 1.21 bits per heavy atom. The summed E-state index contributed by atoms with van der Waals surface area (Å²) in [6.07, 6.45) is 5.47. The van der Waals surface area contributed by atoms with E-state index in [9.17, 15) is 0 Å². The van der Waals surface area contributed by atoms with Gasteiger partial charge in [0.2, 0.25) is 0 Å². The van der Waals surface area contributed by atoms with Crippen molar-refractivity contribution in [1.82, 2.24) is 4.90 Å². The van der Waals surface area contributed by atoms with Crippen LogP contribution in [0.15, 0.2) is 0 Å². The van der Waals surface area contributed by atoms with E-state index < -0.39 is 0 Å². The molecule has 0 amide bonds. The Bertz CT molecular complexity index is 172. The first-order chi connectivity index (χ1) is 6.85. The zero-order valence-corrected chi connectivity index (χ0v) is 9.82. The van der Waals surface area contributed by atoms with Gasteiger partial charge in [-0.15, -0.1) is 0 Å². The summed E-state index contributed by atoms with van der Waals surface area (Å²) in [6.45, 7) is 4.82. The van der Waals surface area contributed by atoms with Crippen molar-refractivity contribution >= 4 is 11.8 Å². The largest absolute Gasteiger partial charge is 0.330 e. The van der Waals surface area contributed by atoms with Crippen LogP contribution in [0.1, 0.15) is 25.7 Å². The molecule has 0 bridgehead atoms. The van der Waals surface area contributed by atoms with E-state index in [0.29, 0.717) is 5.41 Å². The predicted molar refractivity (Wildman–Crippen MR) is 63.7 cm³/mol. The average Bonchev–Trinajstić information content (AvgIpc) is 2.93. The number of thioether (sulfide) groups is 1. The van der Waals surface area contributed by atoms with Crippen LogP contribution in [0.4, 0.5) is 0 Å². The van der Waals surface area contributed by atoms with Gasteiger partial charge in [0, 0.05) is 18.8 Å². The molecule has 2 nitrogen and oxygen atoms in total. The van der Waals surface area contributed by atoms with E-state index in [1.54, 1.807) is 0 Å². The minimum Gasteiger partial charge on any atom is -0.330 e. The quantitative estimate of drug-likeness (QED) is 0.770. The zero-order valence-electron chi connectivity index (χ0n) is 9.00. The van der Waals surface area contributed by atoms with Gasteiger partial charge in [-0.05, 0) is 49.9 Å². The Balaban J connectivity index is 1.77. The van der Waals surface area contributed by atoms with Crippen molar-refractivity contribution in [3.05, 3.63) is 0 Å². The summed E-state index contributed by atoms with van der Waals surface area (Å²) in [6, 6.07) is 0. The molecule has 0 spiro atoms. The Kier molecular flexibility index (Phi) is 3.74. The van der Waals surface area contributed by atoms with Crippen LogP contribution in [0.3, 0.4) is 0 Å². The maximum absolute atomic E-state index is 5.67. The molecule has 1 saturated carbocycles.